The number of hydrogen-bond donors (Lipinski definition) is 1. The van der Waals surface area contributed by atoms with E-state index in [0.717, 1.165) is 5.75 Å². The Kier molecular flexibility index (Phi) is 5.61. The highest BCUT2D eigenvalue weighted by Crippen LogP contribution is 2.21. The molecule has 0 atom stereocenters. The van der Waals surface area contributed by atoms with Crippen LogP contribution in [0.25, 0.3) is 5.82 Å². The number of ether oxygens (including phenoxy) is 1. The van der Waals surface area contributed by atoms with Crippen LogP contribution in [0.3, 0.4) is 0 Å². The summed E-state index contributed by atoms with van der Waals surface area (Å²) in [6, 6.07) is 19.2. The van der Waals surface area contributed by atoms with E-state index in [4.69, 9.17) is 4.74 Å². The second-order valence-electron chi connectivity index (χ2n) is 6.29. The zero-order valence-corrected chi connectivity index (χ0v) is 15.9. The van der Waals surface area contributed by atoms with Crippen LogP contribution in [0.1, 0.15) is 10.4 Å². The molecule has 0 aliphatic rings. The van der Waals surface area contributed by atoms with Crippen molar-refractivity contribution in [2.75, 3.05) is 6.54 Å². The molecule has 0 unspecified atom stereocenters. The van der Waals surface area contributed by atoms with Crippen LogP contribution in [0, 0.1) is 0 Å². The third kappa shape index (κ3) is 4.58. The molecule has 9 nitrogen and oxygen atoms in total. The van der Waals surface area contributed by atoms with E-state index in [-0.39, 0.29) is 24.6 Å². The summed E-state index contributed by atoms with van der Waals surface area (Å²) < 4.78 is 8.44. The second kappa shape index (κ2) is 8.82. The van der Waals surface area contributed by atoms with Gasteiger partial charge in [0.15, 0.2) is 5.82 Å². The van der Waals surface area contributed by atoms with Gasteiger partial charge in [0.1, 0.15) is 24.2 Å². The number of carbonyl (C=O) groups excluding carboxylic acids is 1. The lowest BCUT2D eigenvalue weighted by Crippen LogP contribution is -2.32. The van der Waals surface area contributed by atoms with Crippen molar-refractivity contribution in [3.8, 4) is 17.3 Å². The summed E-state index contributed by atoms with van der Waals surface area (Å²) in [4.78, 5) is 28.2. The summed E-state index contributed by atoms with van der Waals surface area (Å²) >= 11 is 0. The van der Waals surface area contributed by atoms with Crippen LogP contribution >= 0.6 is 0 Å². The molecule has 0 saturated heterocycles. The smallest absolute Gasteiger partial charge is 0.266 e. The van der Waals surface area contributed by atoms with Crippen molar-refractivity contribution in [3.63, 3.8) is 0 Å². The third-order valence-electron chi connectivity index (χ3n) is 4.21. The van der Waals surface area contributed by atoms with Crippen LogP contribution in [0.5, 0.6) is 11.5 Å². The molecule has 4 aromatic rings. The molecule has 1 N–H and O–H groups in total. The monoisotopic (exact) mass is 402 g/mol. The van der Waals surface area contributed by atoms with Gasteiger partial charge in [0.25, 0.3) is 11.5 Å². The van der Waals surface area contributed by atoms with Crippen LogP contribution in [0.4, 0.5) is 0 Å². The SMILES string of the molecule is O=C(NCCn1nc(-n2cncn2)ccc1=O)c1ccc(Oc2ccccc2)cc1. The van der Waals surface area contributed by atoms with Crippen molar-refractivity contribution >= 4 is 5.91 Å². The van der Waals surface area contributed by atoms with Crippen molar-refractivity contribution in [2.24, 2.45) is 0 Å². The molecule has 4 rings (SSSR count). The Balaban J connectivity index is 1.34. The minimum absolute atomic E-state index is 0.225. The zero-order chi connectivity index (χ0) is 20.8. The Morgan fingerprint density at radius 3 is 2.47 bits per heavy atom. The number of para-hydroxylation sites is 1. The van der Waals surface area contributed by atoms with Crippen molar-refractivity contribution in [1.82, 2.24) is 29.9 Å². The highest BCUT2D eigenvalue weighted by Gasteiger charge is 2.07. The third-order valence-corrected chi connectivity index (χ3v) is 4.21. The summed E-state index contributed by atoms with van der Waals surface area (Å²) in [7, 11) is 0. The maximum Gasteiger partial charge on any atom is 0.266 e. The first-order chi connectivity index (χ1) is 14.7. The summed E-state index contributed by atoms with van der Waals surface area (Å²) in [5, 5.41) is 11.0. The summed E-state index contributed by atoms with van der Waals surface area (Å²) in [5.41, 5.74) is 0.225. The molecule has 2 heterocycles. The summed E-state index contributed by atoms with van der Waals surface area (Å²) in [6.07, 6.45) is 2.87. The molecule has 0 radical (unpaired) electrons. The van der Waals surface area contributed by atoms with E-state index < -0.39 is 0 Å². The molecule has 2 aromatic carbocycles. The average molecular weight is 402 g/mol. The Morgan fingerprint density at radius 2 is 1.73 bits per heavy atom. The van der Waals surface area contributed by atoms with Crippen molar-refractivity contribution in [1.29, 1.82) is 0 Å². The lowest BCUT2D eigenvalue weighted by atomic mass is 10.2. The molecule has 30 heavy (non-hydrogen) atoms. The van der Waals surface area contributed by atoms with Gasteiger partial charge < -0.3 is 10.1 Å². The minimum atomic E-state index is -0.268. The summed E-state index contributed by atoms with van der Waals surface area (Å²) in [5.74, 6) is 1.58. The fraction of sp³-hybridized carbons (Fsp3) is 0.0952. The molecule has 2 aromatic heterocycles. The fourth-order valence-electron chi connectivity index (χ4n) is 2.72. The van der Waals surface area contributed by atoms with Crippen molar-refractivity contribution in [2.45, 2.75) is 6.54 Å². The molecule has 0 bridgehead atoms. The number of aromatic nitrogens is 5. The molecule has 150 valence electrons. The quantitative estimate of drug-likeness (QED) is 0.507. The molecule has 0 aliphatic carbocycles. The average Bonchev–Trinajstić information content (AvgIpc) is 3.31. The molecule has 0 saturated carbocycles. The lowest BCUT2D eigenvalue weighted by Gasteiger charge is -2.09. The number of nitrogens with zero attached hydrogens (tertiary/aromatic N) is 5. The Bertz CT molecular complexity index is 1170. The van der Waals surface area contributed by atoms with E-state index in [1.54, 1.807) is 30.3 Å². The maximum atomic E-state index is 12.4. The van der Waals surface area contributed by atoms with Crippen LogP contribution in [-0.4, -0.2) is 37.0 Å². The van der Waals surface area contributed by atoms with E-state index in [0.29, 0.717) is 17.1 Å². The van der Waals surface area contributed by atoms with E-state index >= 15 is 0 Å². The van der Waals surface area contributed by atoms with Gasteiger partial charge in [-0.3, -0.25) is 9.59 Å². The Morgan fingerprint density at radius 1 is 0.967 bits per heavy atom. The maximum absolute atomic E-state index is 12.4. The topological polar surface area (TPSA) is 104 Å². The van der Waals surface area contributed by atoms with Gasteiger partial charge in [-0.2, -0.15) is 5.10 Å². The fourth-order valence-corrected chi connectivity index (χ4v) is 2.72. The number of nitrogens with one attached hydrogen (secondary N) is 1. The van der Waals surface area contributed by atoms with Crippen LogP contribution in [0.2, 0.25) is 0 Å². The van der Waals surface area contributed by atoms with Gasteiger partial charge in [-0.1, -0.05) is 18.2 Å². The predicted octanol–water partition coefficient (Wildman–Crippen LogP) is 2.05. The molecule has 0 fully saturated rings. The second-order valence-corrected chi connectivity index (χ2v) is 6.29. The normalized spacial score (nSPS) is 10.5. The number of amides is 1. The van der Waals surface area contributed by atoms with Crippen molar-refractivity contribution in [3.05, 3.63) is 95.3 Å². The van der Waals surface area contributed by atoms with Gasteiger partial charge in [0.05, 0.1) is 6.54 Å². The highest BCUT2D eigenvalue weighted by molar-refractivity contribution is 5.94. The molecular formula is C21H18N6O3. The standard InChI is InChI=1S/C21H18N6O3/c28-20-11-10-19(27-15-22-14-24-27)25-26(20)13-12-23-21(29)16-6-8-18(9-7-16)30-17-4-2-1-3-5-17/h1-11,14-15H,12-13H2,(H,23,29). The zero-order valence-electron chi connectivity index (χ0n) is 15.9. The van der Waals surface area contributed by atoms with Crippen LogP contribution in [-0.2, 0) is 6.54 Å². The van der Waals surface area contributed by atoms with Crippen LogP contribution < -0.4 is 15.6 Å². The predicted molar refractivity (Wildman–Crippen MR) is 109 cm³/mol. The van der Waals surface area contributed by atoms with E-state index in [1.165, 1.54) is 28.1 Å². The summed E-state index contributed by atoms with van der Waals surface area (Å²) in [6.45, 7) is 0.469. The van der Waals surface area contributed by atoms with E-state index in [1.807, 2.05) is 30.3 Å². The molecular weight excluding hydrogens is 384 g/mol. The van der Waals surface area contributed by atoms with Crippen molar-refractivity contribution < 1.29 is 9.53 Å². The molecule has 0 spiro atoms. The van der Waals surface area contributed by atoms with Crippen LogP contribution in [0.15, 0.2) is 84.2 Å². The van der Waals surface area contributed by atoms with E-state index in [2.05, 4.69) is 20.5 Å². The Hall–Kier alpha value is -4.27. The van der Waals surface area contributed by atoms with Gasteiger partial charge in [-0.15, -0.1) is 5.10 Å². The molecule has 9 heteroatoms. The largest absolute Gasteiger partial charge is 0.457 e. The molecule has 0 aliphatic heterocycles. The van der Waals surface area contributed by atoms with E-state index in [9.17, 15) is 9.59 Å². The molecule has 1 amide bonds. The van der Waals surface area contributed by atoms with Gasteiger partial charge in [-0.05, 0) is 42.5 Å². The van der Waals surface area contributed by atoms with Gasteiger partial charge in [-0.25, -0.2) is 14.3 Å². The first-order valence-electron chi connectivity index (χ1n) is 9.23. The number of benzene rings is 2. The van der Waals surface area contributed by atoms with Gasteiger partial charge >= 0.3 is 0 Å². The number of rotatable bonds is 7. The number of carbonyl (C=O) groups is 1. The van der Waals surface area contributed by atoms with Gasteiger partial charge in [0.2, 0.25) is 0 Å². The minimum Gasteiger partial charge on any atom is -0.457 e. The Labute approximate surface area is 171 Å². The van der Waals surface area contributed by atoms with Gasteiger partial charge in [0, 0.05) is 18.2 Å². The lowest BCUT2D eigenvalue weighted by molar-refractivity contribution is 0.0951. The number of hydrogen-bond acceptors (Lipinski definition) is 6. The first-order valence-corrected chi connectivity index (χ1v) is 9.23. The highest BCUT2D eigenvalue weighted by atomic mass is 16.5. The first kappa shape index (κ1) is 19.1.